The van der Waals surface area contributed by atoms with Crippen LogP contribution >= 0.6 is 0 Å². The number of carbonyl (C=O) groups excluding carboxylic acids is 1. The summed E-state index contributed by atoms with van der Waals surface area (Å²) in [5, 5.41) is 10.9. The lowest BCUT2D eigenvalue weighted by Gasteiger charge is -2.38. The molecular weight excluding hydrogens is 338 g/mol. The van der Waals surface area contributed by atoms with Crippen LogP contribution in [0.2, 0.25) is 0 Å². The summed E-state index contributed by atoms with van der Waals surface area (Å²) >= 11 is 0. The summed E-state index contributed by atoms with van der Waals surface area (Å²) in [5.41, 5.74) is 2.26. The van der Waals surface area contributed by atoms with Gasteiger partial charge in [0.2, 0.25) is 5.91 Å². The van der Waals surface area contributed by atoms with Crippen LogP contribution in [0.15, 0.2) is 30.5 Å². The number of hydrogen-bond acceptors (Lipinski definition) is 3. The fourth-order valence-corrected chi connectivity index (χ4v) is 4.96. The summed E-state index contributed by atoms with van der Waals surface area (Å²) in [6.45, 7) is 5.13. The molecule has 0 spiro atoms. The van der Waals surface area contributed by atoms with Crippen LogP contribution in [-0.4, -0.2) is 64.7 Å². The average Bonchev–Trinajstić information content (AvgIpc) is 3.30. The minimum absolute atomic E-state index is 0.175. The Morgan fingerprint density at radius 2 is 1.89 bits per heavy atom. The van der Waals surface area contributed by atoms with E-state index in [1.165, 1.54) is 31.4 Å². The number of fused-ring (bicyclic) bond motifs is 1. The maximum absolute atomic E-state index is 13.1. The van der Waals surface area contributed by atoms with Crippen LogP contribution in [-0.2, 0) is 18.3 Å². The van der Waals surface area contributed by atoms with Gasteiger partial charge in [-0.3, -0.25) is 4.79 Å². The van der Waals surface area contributed by atoms with E-state index in [0.717, 1.165) is 30.5 Å². The van der Waals surface area contributed by atoms with Crippen LogP contribution in [0.3, 0.4) is 0 Å². The Bertz CT molecular complexity index is 794. The minimum Gasteiger partial charge on any atom is -0.396 e. The van der Waals surface area contributed by atoms with Crippen LogP contribution in [0.25, 0.3) is 10.9 Å². The first kappa shape index (κ1) is 18.5. The molecule has 2 atom stereocenters. The standard InChI is InChI=1S/C22H31N3O2/c1-23-15-19(20-6-2-3-7-21(20)23)11-22(27)25-13-17(10-18(14-25)16-26)12-24-8-4-5-9-24/h2-3,6-7,15,17-18,26H,4-5,8-14,16H2,1H3. The van der Waals surface area contributed by atoms with Crippen molar-refractivity contribution in [2.24, 2.45) is 18.9 Å². The van der Waals surface area contributed by atoms with Crippen LogP contribution < -0.4 is 0 Å². The van der Waals surface area contributed by atoms with Gasteiger partial charge in [0.1, 0.15) is 0 Å². The second-order valence-electron chi connectivity index (χ2n) is 8.42. The number of rotatable bonds is 5. The molecule has 0 aliphatic carbocycles. The van der Waals surface area contributed by atoms with Crippen molar-refractivity contribution in [3.8, 4) is 0 Å². The third-order valence-corrected chi connectivity index (χ3v) is 6.27. The highest BCUT2D eigenvalue weighted by Gasteiger charge is 2.31. The zero-order valence-corrected chi connectivity index (χ0v) is 16.3. The highest BCUT2D eigenvalue weighted by atomic mass is 16.3. The van der Waals surface area contributed by atoms with Crippen molar-refractivity contribution >= 4 is 16.8 Å². The van der Waals surface area contributed by atoms with Gasteiger partial charge in [0.05, 0.1) is 6.42 Å². The number of aliphatic hydroxyl groups is 1. The van der Waals surface area contributed by atoms with Gasteiger partial charge in [0.15, 0.2) is 0 Å². The molecule has 0 saturated carbocycles. The maximum atomic E-state index is 13.1. The molecule has 5 nitrogen and oxygen atoms in total. The summed E-state index contributed by atoms with van der Waals surface area (Å²) in [4.78, 5) is 17.6. The van der Waals surface area contributed by atoms with Crippen LogP contribution in [0, 0.1) is 11.8 Å². The van der Waals surface area contributed by atoms with E-state index in [2.05, 4.69) is 27.8 Å². The largest absolute Gasteiger partial charge is 0.396 e. The van der Waals surface area contributed by atoms with Gasteiger partial charge in [0.25, 0.3) is 0 Å². The molecule has 1 aromatic carbocycles. The second kappa shape index (κ2) is 8.03. The number of para-hydroxylation sites is 1. The number of amides is 1. The first-order valence-corrected chi connectivity index (χ1v) is 10.3. The quantitative estimate of drug-likeness (QED) is 0.880. The Balaban J connectivity index is 1.46. The Hall–Kier alpha value is -1.85. The van der Waals surface area contributed by atoms with E-state index in [1.807, 2.05) is 24.1 Å². The molecule has 2 aromatic rings. The van der Waals surface area contributed by atoms with Crippen molar-refractivity contribution in [3.63, 3.8) is 0 Å². The number of hydrogen-bond donors (Lipinski definition) is 1. The first-order valence-electron chi connectivity index (χ1n) is 10.3. The molecule has 2 saturated heterocycles. The fraction of sp³-hybridized carbons (Fsp3) is 0.591. The van der Waals surface area contributed by atoms with E-state index in [-0.39, 0.29) is 18.4 Å². The minimum atomic E-state index is 0.175. The number of aliphatic hydroxyl groups excluding tert-OH is 1. The molecule has 2 fully saturated rings. The van der Waals surface area contributed by atoms with Crippen molar-refractivity contribution in [2.75, 3.05) is 39.3 Å². The lowest BCUT2D eigenvalue weighted by atomic mass is 9.89. The average molecular weight is 370 g/mol. The van der Waals surface area contributed by atoms with Gasteiger partial charge in [-0.25, -0.2) is 0 Å². The van der Waals surface area contributed by atoms with Crippen LogP contribution in [0.4, 0.5) is 0 Å². The maximum Gasteiger partial charge on any atom is 0.227 e. The zero-order chi connectivity index (χ0) is 18.8. The summed E-state index contributed by atoms with van der Waals surface area (Å²) in [6, 6.07) is 8.26. The number of carbonyl (C=O) groups is 1. The van der Waals surface area contributed by atoms with Crippen molar-refractivity contribution in [1.29, 1.82) is 0 Å². The molecule has 27 heavy (non-hydrogen) atoms. The molecule has 2 unspecified atom stereocenters. The van der Waals surface area contributed by atoms with Crippen LogP contribution in [0.5, 0.6) is 0 Å². The topological polar surface area (TPSA) is 48.7 Å². The summed E-state index contributed by atoms with van der Waals surface area (Å²) in [6.07, 6.45) is 6.14. The van der Waals surface area contributed by atoms with E-state index >= 15 is 0 Å². The molecule has 2 aliphatic heterocycles. The predicted octanol–water partition coefficient (Wildman–Crippen LogP) is 2.27. The molecule has 1 N–H and O–H groups in total. The number of nitrogens with zero attached hydrogens (tertiary/aromatic N) is 3. The van der Waals surface area contributed by atoms with Gasteiger partial charge in [-0.1, -0.05) is 18.2 Å². The molecule has 3 heterocycles. The number of benzene rings is 1. The molecule has 2 aliphatic rings. The summed E-state index contributed by atoms with van der Waals surface area (Å²) in [5.74, 6) is 0.879. The first-order chi connectivity index (χ1) is 13.1. The van der Waals surface area contributed by atoms with Crippen LogP contribution in [0.1, 0.15) is 24.8 Å². The normalized spacial score (nSPS) is 24.0. The van der Waals surface area contributed by atoms with Crippen molar-refractivity contribution in [1.82, 2.24) is 14.4 Å². The molecule has 0 bridgehead atoms. The highest BCUT2D eigenvalue weighted by molar-refractivity contribution is 5.89. The van der Waals surface area contributed by atoms with Gasteiger partial charge < -0.3 is 19.5 Å². The fourth-order valence-electron chi connectivity index (χ4n) is 4.96. The van der Waals surface area contributed by atoms with Gasteiger partial charge in [-0.2, -0.15) is 0 Å². The lowest BCUT2D eigenvalue weighted by Crippen LogP contribution is -2.48. The van der Waals surface area contributed by atoms with Crippen molar-refractivity contribution < 1.29 is 9.90 Å². The molecular formula is C22H31N3O2. The Morgan fingerprint density at radius 3 is 2.67 bits per heavy atom. The molecule has 1 aromatic heterocycles. The number of likely N-dealkylation sites (tertiary alicyclic amines) is 2. The molecule has 146 valence electrons. The summed E-state index contributed by atoms with van der Waals surface area (Å²) in [7, 11) is 2.03. The lowest BCUT2D eigenvalue weighted by molar-refractivity contribution is -0.134. The summed E-state index contributed by atoms with van der Waals surface area (Å²) < 4.78 is 2.10. The second-order valence-corrected chi connectivity index (χ2v) is 8.42. The zero-order valence-electron chi connectivity index (χ0n) is 16.3. The SMILES string of the molecule is Cn1cc(CC(=O)N2CC(CO)CC(CN3CCCC3)C2)c2ccccc21. The van der Waals surface area contributed by atoms with Gasteiger partial charge in [-0.15, -0.1) is 0 Å². The van der Waals surface area contributed by atoms with Crippen molar-refractivity contribution in [3.05, 3.63) is 36.0 Å². The number of piperidine rings is 1. The Kier molecular flexibility index (Phi) is 5.50. The predicted molar refractivity (Wildman–Crippen MR) is 108 cm³/mol. The van der Waals surface area contributed by atoms with E-state index < -0.39 is 0 Å². The Labute approximate surface area is 161 Å². The van der Waals surface area contributed by atoms with E-state index in [0.29, 0.717) is 18.9 Å². The molecule has 4 rings (SSSR count). The van der Waals surface area contributed by atoms with E-state index in [1.54, 1.807) is 0 Å². The molecule has 1 amide bonds. The smallest absolute Gasteiger partial charge is 0.227 e. The van der Waals surface area contributed by atoms with E-state index in [9.17, 15) is 9.90 Å². The van der Waals surface area contributed by atoms with E-state index in [4.69, 9.17) is 0 Å². The van der Waals surface area contributed by atoms with Gasteiger partial charge in [-0.05, 0) is 55.8 Å². The third kappa shape index (κ3) is 4.04. The third-order valence-electron chi connectivity index (χ3n) is 6.27. The van der Waals surface area contributed by atoms with Crippen molar-refractivity contribution in [2.45, 2.75) is 25.7 Å². The Morgan fingerprint density at radius 1 is 1.15 bits per heavy atom. The van der Waals surface area contributed by atoms with Gasteiger partial charge >= 0.3 is 0 Å². The molecule has 0 radical (unpaired) electrons. The number of aryl methyl sites for hydroxylation is 1. The molecule has 5 heteroatoms. The highest BCUT2D eigenvalue weighted by Crippen LogP contribution is 2.26. The van der Waals surface area contributed by atoms with Gasteiger partial charge in [0, 0.05) is 50.4 Å². The number of aromatic nitrogens is 1. The monoisotopic (exact) mass is 369 g/mol.